The first-order chi connectivity index (χ1) is 9.93. The molecule has 5 nitrogen and oxygen atoms in total. The minimum Gasteiger partial charge on any atom is -0.379 e. The van der Waals surface area contributed by atoms with Crippen molar-refractivity contribution in [3.63, 3.8) is 0 Å². The molecule has 2 fully saturated rings. The molecule has 20 heavy (non-hydrogen) atoms. The Bertz CT molecular complexity index is 388. The van der Waals surface area contributed by atoms with Crippen LogP contribution < -0.4 is 5.32 Å². The Labute approximate surface area is 120 Å². The fraction of sp³-hybridized carbons (Fsp3) is 0.667. The molecule has 0 amide bonds. The lowest BCUT2D eigenvalue weighted by Gasteiger charge is -2.38. The van der Waals surface area contributed by atoms with Crippen LogP contribution in [0.4, 0.5) is 0 Å². The van der Waals surface area contributed by atoms with E-state index in [9.17, 15) is 0 Å². The summed E-state index contributed by atoms with van der Waals surface area (Å²) in [5.41, 5.74) is 1.38. The monoisotopic (exact) mass is 276 g/mol. The summed E-state index contributed by atoms with van der Waals surface area (Å²) in [6, 6.07) is 4.77. The van der Waals surface area contributed by atoms with Crippen molar-refractivity contribution < 1.29 is 4.74 Å². The van der Waals surface area contributed by atoms with E-state index in [-0.39, 0.29) is 0 Å². The van der Waals surface area contributed by atoms with Crippen molar-refractivity contribution in [3.8, 4) is 0 Å². The first-order valence-electron chi connectivity index (χ1n) is 7.58. The molecule has 0 aromatic carbocycles. The molecular formula is C15H24N4O. The van der Waals surface area contributed by atoms with Crippen LogP contribution in [0.3, 0.4) is 0 Å². The average Bonchev–Trinajstić information content (AvgIpc) is 2.55. The van der Waals surface area contributed by atoms with Gasteiger partial charge in [-0.05, 0) is 17.7 Å². The van der Waals surface area contributed by atoms with E-state index in [4.69, 9.17) is 4.74 Å². The van der Waals surface area contributed by atoms with Gasteiger partial charge in [0.25, 0.3) is 0 Å². The van der Waals surface area contributed by atoms with Crippen LogP contribution in [0.5, 0.6) is 0 Å². The molecule has 3 rings (SSSR count). The lowest BCUT2D eigenvalue weighted by atomic mass is 10.1. The summed E-state index contributed by atoms with van der Waals surface area (Å²) in [5.74, 6) is 0. The van der Waals surface area contributed by atoms with Crippen molar-refractivity contribution in [2.24, 2.45) is 0 Å². The molecule has 2 aliphatic heterocycles. The molecule has 0 radical (unpaired) electrons. The Hall–Kier alpha value is -1.01. The number of rotatable bonds is 4. The van der Waals surface area contributed by atoms with Gasteiger partial charge in [0.2, 0.25) is 0 Å². The van der Waals surface area contributed by atoms with Crippen LogP contribution in [-0.4, -0.2) is 73.8 Å². The van der Waals surface area contributed by atoms with Gasteiger partial charge in [0.15, 0.2) is 0 Å². The van der Waals surface area contributed by atoms with Crippen LogP contribution in [0.2, 0.25) is 0 Å². The van der Waals surface area contributed by atoms with E-state index in [1.165, 1.54) is 5.56 Å². The summed E-state index contributed by atoms with van der Waals surface area (Å²) in [6.45, 7) is 9.35. The molecule has 0 aliphatic carbocycles. The number of hydrogen-bond acceptors (Lipinski definition) is 5. The number of nitrogens with one attached hydrogen (secondary N) is 1. The predicted octanol–water partition coefficient (Wildman–Crippen LogP) is 0.360. The normalized spacial score (nSPS) is 23.6. The lowest BCUT2D eigenvalue weighted by molar-refractivity contribution is 0.00666. The average molecular weight is 276 g/mol. The van der Waals surface area contributed by atoms with Gasteiger partial charge in [-0.2, -0.15) is 0 Å². The standard InChI is InChI=1S/C15H24N4O/c1-3-16-4-2-14(1)15(19-9-11-20-12-10-19)13-18-7-5-17-6-8-18/h1-4,15,17H,5-13H2. The minimum atomic E-state index is 0.458. The number of piperazine rings is 1. The third-order valence-electron chi connectivity index (χ3n) is 4.22. The summed E-state index contributed by atoms with van der Waals surface area (Å²) in [4.78, 5) is 9.28. The summed E-state index contributed by atoms with van der Waals surface area (Å²) in [5, 5.41) is 3.42. The van der Waals surface area contributed by atoms with Crippen LogP contribution in [-0.2, 0) is 4.74 Å². The highest BCUT2D eigenvalue weighted by molar-refractivity contribution is 5.16. The van der Waals surface area contributed by atoms with Crippen LogP contribution >= 0.6 is 0 Å². The van der Waals surface area contributed by atoms with Crippen LogP contribution in [0.1, 0.15) is 11.6 Å². The Morgan fingerprint density at radius 1 is 1.10 bits per heavy atom. The van der Waals surface area contributed by atoms with Gasteiger partial charge >= 0.3 is 0 Å². The molecule has 0 bridgehead atoms. The molecule has 110 valence electrons. The molecule has 0 spiro atoms. The van der Waals surface area contributed by atoms with Crippen molar-refractivity contribution in [2.75, 3.05) is 59.0 Å². The molecule has 2 saturated heterocycles. The van der Waals surface area contributed by atoms with E-state index < -0.39 is 0 Å². The molecule has 2 aliphatic rings. The zero-order valence-corrected chi connectivity index (χ0v) is 12.0. The molecule has 0 saturated carbocycles. The number of ether oxygens (including phenoxy) is 1. The Morgan fingerprint density at radius 2 is 1.80 bits per heavy atom. The van der Waals surface area contributed by atoms with Crippen molar-refractivity contribution in [2.45, 2.75) is 6.04 Å². The Balaban J connectivity index is 1.72. The lowest BCUT2D eigenvalue weighted by Crippen LogP contribution is -2.49. The first kappa shape index (κ1) is 13.9. The smallest absolute Gasteiger partial charge is 0.0594 e. The van der Waals surface area contributed by atoms with E-state index in [0.29, 0.717) is 6.04 Å². The van der Waals surface area contributed by atoms with E-state index in [2.05, 4.69) is 32.2 Å². The number of pyridine rings is 1. The zero-order valence-electron chi connectivity index (χ0n) is 12.0. The molecule has 1 unspecified atom stereocenters. The highest BCUT2D eigenvalue weighted by Gasteiger charge is 2.25. The van der Waals surface area contributed by atoms with Gasteiger partial charge in [-0.1, -0.05) is 0 Å². The number of hydrogen-bond donors (Lipinski definition) is 1. The van der Waals surface area contributed by atoms with Crippen LogP contribution in [0.25, 0.3) is 0 Å². The van der Waals surface area contributed by atoms with Gasteiger partial charge in [-0.3, -0.25) is 14.8 Å². The summed E-state index contributed by atoms with van der Waals surface area (Å²) >= 11 is 0. The highest BCUT2D eigenvalue weighted by atomic mass is 16.5. The topological polar surface area (TPSA) is 40.6 Å². The van der Waals surface area contributed by atoms with E-state index in [1.807, 2.05) is 12.4 Å². The van der Waals surface area contributed by atoms with E-state index in [0.717, 1.165) is 59.0 Å². The fourth-order valence-corrected chi connectivity index (χ4v) is 3.04. The van der Waals surface area contributed by atoms with Crippen LogP contribution in [0, 0.1) is 0 Å². The quantitative estimate of drug-likeness (QED) is 0.860. The SMILES string of the molecule is c1cc(C(CN2CCNCC2)N2CCOCC2)ccn1. The van der Waals surface area contributed by atoms with E-state index >= 15 is 0 Å². The van der Waals surface area contributed by atoms with Crippen molar-refractivity contribution in [1.29, 1.82) is 0 Å². The maximum atomic E-state index is 5.50. The van der Waals surface area contributed by atoms with Gasteiger partial charge in [-0.25, -0.2) is 0 Å². The number of morpholine rings is 1. The van der Waals surface area contributed by atoms with Crippen molar-refractivity contribution in [3.05, 3.63) is 30.1 Å². The number of aromatic nitrogens is 1. The first-order valence-corrected chi connectivity index (χ1v) is 7.58. The van der Waals surface area contributed by atoms with Gasteiger partial charge in [0, 0.05) is 64.2 Å². The molecule has 1 aromatic heterocycles. The Morgan fingerprint density at radius 3 is 2.50 bits per heavy atom. The minimum absolute atomic E-state index is 0.458. The molecular weight excluding hydrogens is 252 g/mol. The zero-order chi connectivity index (χ0) is 13.6. The Kier molecular flexibility index (Phi) is 4.97. The molecule has 1 atom stereocenters. The van der Waals surface area contributed by atoms with Crippen LogP contribution in [0.15, 0.2) is 24.5 Å². The largest absolute Gasteiger partial charge is 0.379 e. The van der Waals surface area contributed by atoms with Gasteiger partial charge < -0.3 is 10.1 Å². The summed E-state index contributed by atoms with van der Waals surface area (Å²) < 4.78 is 5.50. The van der Waals surface area contributed by atoms with Crippen molar-refractivity contribution in [1.82, 2.24) is 20.1 Å². The van der Waals surface area contributed by atoms with Crippen molar-refractivity contribution >= 4 is 0 Å². The van der Waals surface area contributed by atoms with Gasteiger partial charge in [0.1, 0.15) is 0 Å². The molecule has 1 N–H and O–H groups in total. The molecule has 5 heteroatoms. The third kappa shape index (κ3) is 3.55. The second kappa shape index (κ2) is 7.13. The second-order valence-corrected chi connectivity index (χ2v) is 5.50. The molecule has 1 aromatic rings. The number of nitrogens with zero attached hydrogens (tertiary/aromatic N) is 3. The maximum Gasteiger partial charge on any atom is 0.0594 e. The highest BCUT2D eigenvalue weighted by Crippen LogP contribution is 2.22. The third-order valence-corrected chi connectivity index (χ3v) is 4.22. The summed E-state index contributed by atoms with van der Waals surface area (Å²) in [6.07, 6.45) is 3.81. The maximum absolute atomic E-state index is 5.50. The fourth-order valence-electron chi connectivity index (χ4n) is 3.04. The molecule has 3 heterocycles. The van der Waals surface area contributed by atoms with Gasteiger partial charge in [-0.15, -0.1) is 0 Å². The second-order valence-electron chi connectivity index (χ2n) is 5.50. The van der Waals surface area contributed by atoms with E-state index in [1.54, 1.807) is 0 Å². The predicted molar refractivity (Wildman–Crippen MR) is 78.7 cm³/mol. The summed E-state index contributed by atoms with van der Waals surface area (Å²) in [7, 11) is 0. The van der Waals surface area contributed by atoms with Gasteiger partial charge in [0.05, 0.1) is 13.2 Å².